The topological polar surface area (TPSA) is 81.8 Å². The highest BCUT2D eigenvalue weighted by molar-refractivity contribution is 8.05. The maximum Gasteiger partial charge on any atom is 0.340 e. The Morgan fingerprint density at radius 1 is 1.23 bits per heavy atom. The summed E-state index contributed by atoms with van der Waals surface area (Å²) in [5.74, 6) is 0.283. The van der Waals surface area contributed by atoms with Crippen molar-refractivity contribution in [3.05, 3.63) is 29.3 Å². The summed E-state index contributed by atoms with van der Waals surface area (Å²) in [6.07, 6.45) is 2.58. The van der Waals surface area contributed by atoms with E-state index >= 15 is 0 Å². The summed E-state index contributed by atoms with van der Waals surface area (Å²) in [4.78, 5) is 0. The number of nitrogens with two attached hydrogens (primary N) is 1. The molecule has 2 rings (SSSR count). The number of hydrogen-bond donors (Lipinski definition) is 2. The number of rotatable bonds is 9. The number of phenols is 1. The van der Waals surface area contributed by atoms with Crippen LogP contribution >= 0.6 is 19.4 Å². The lowest BCUT2D eigenvalue weighted by Gasteiger charge is -2.47. The highest BCUT2D eigenvalue weighted by atomic mass is 32.2. The van der Waals surface area contributed by atoms with Crippen molar-refractivity contribution >= 4 is 19.4 Å². The van der Waals surface area contributed by atoms with E-state index in [1.807, 2.05) is 26.0 Å². The second kappa shape index (κ2) is 9.11. The second-order valence-corrected chi connectivity index (χ2v) is 10.4. The molecule has 0 saturated carbocycles. The molecule has 0 aliphatic heterocycles. The molecule has 148 valence electrons. The van der Waals surface area contributed by atoms with Crippen LogP contribution in [-0.4, -0.2) is 35.1 Å². The average molecular weight is 402 g/mol. The van der Waals surface area contributed by atoms with Gasteiger partial charge in [0.15, 0.2) is 0 Å². The molecule has 0 saturated heterocycles. The van der Waals surface area contributed by atoms with Crippen molar-refractivity contribution in [2.45, 2.75) is 63.7 Å². The zero-order valence-electron chi connectivity index (χ0n) is 16.2. The Morgan fingerprint density at radius 2 is 1.85 bits per heavy atom. The smallest absolute Gasteiger partial charge is 0.340 e. The number of thioether (sulfide) groups is 1. The van der Waals surface area contributed by atoms with Gasteiger partial charge < -0.3 is 19.9 Å². The van der Waals surface area contributed by atoms with Crippen LogP contribution in [0.1, 0.15) is 51.7 Å². The molecular formula is C19H32NO4PS. The monoisotopic (exact) mass is 401 g/mol. The molecule has 0 unspecified atom stereocenters. The first-order chi connectivity index (χ1) is 12.4. The maximum absolute atomic E-state index is 12.8. The molecule has 0 spiro atoms. The lowest BCUT2D eigenvalue weighted by Crippen LogP contribution is -2.55. The van der Waals surface area contributed by atoms with Crippen molar-refractivity contribution in [3.63, 3.8) is 0 Å². The van der Waals surface area contributed by atoms with Gasteiger partial charge in [0.25, 0.3) is 0 Å². The summed E-state index contributed by atoms with van der Waals surface area (Å²) in [6, 6.07) is 5.51. The van der Waals surface area contributed by atoms with Crippen molar-refractivity contribution in [3.8, 4) is 5.75 Å². The fraction of sp³-hybridized carbons (Fsp3) is 0.684. The van der Waals surface area contributed by atoms with Gasteiger partial charge in [-0.2, -0.15) is 0 Å². The molecule has 1 aliphatic carbocycles. The van der Waals surface area contributed by atoms with Gasteiger partial charge in [-0.25, -0.2) is 0 Å². The Balaban J connectivity index is 2.29. The summed E-state index contributed by atoms with van der Waals surface area (Å²) in [5.41, 5.74) is 9.24. The van der Waals surface area contributed by atoms with E-state index in [-0.39, 0.29) is 22.5 Å². The van der Waals surface area contributed by atoms with Gasteiger partial charge >= 0.3 is 7.60 Å². The van der Waals surface area contributed by atoms with E-state index in [9.17, 15) is 9.67 Å². The van der Waals surface area contributed by atoms with Crippen molar-refractivity contribution in [1.29, 1.82) is 0 Å². The normalized spacial score (nSPS) is 22.2. The zero-order valence-corrected chi connectivity index (χ0v) is 17.9. The van der Waals surface area contributed by atoms with Crippen LogP contribution in [0.2, 0.25) is 0 Å². The number of benzene rings is 1. The predicted octanol–water partition coefficient (Wildman–Crippen LogP) is 4.66. The third-order valence-electron chi connectivity index (χ3n) is 5.45. The third-order valence-corrected chi connectivity index (χ3v) is 9.50. The predicted molar refractivity (Wildman–Crippen MR) is 109 cm³/mol. The Labute approximate surface area is 161 Å². The molecule has 0 fully saturated rings. The summed E-state index contributed by atoms with van der Waals surface area (Å²) in [7, 11) is -3.10. The quantitative estimate of drug-likeness (QED) is 0.586. The van der Waals surface area contributed by atoms with Gasteiger partial charge in [-0.15, -0.1) is 11.8 Å². The molecule has 0 radical (unpaired) electrons. The number of aromatic hydroxyl groups is 1. The minimum Gasteiger partial charge on any atom is -0.508 e. The molecule has 26 heavy (non-hydrogen) atoms. The number of phenolic OH excluding ortho intramolecular Hbond substituents is 1. The summed E-state index contributed by atoms with van der Waals surface area (Å²) in [5, 5.41) is 10.1. The fourth-order valence-corrected chi connectivity index (χ4v) is 7.76. The summed E-state index contributed by atoms with van der Waals surface area (Å²) >= 11 is 1.59. The van der Waals surface area contributed by atoms with E-state index < -0.39 is 7.60 Å². The van der Waals surface area contributed by atoms with Crippen LogP contribution in [0.3, 0.4) is 0 Å². The number of hydrogen-bond acceptors (Lipinski definition) is 6. The van der Waals surface area contributed by atoms with Crippen molar-refractivity contribution in [2.24, 2.45) is 5.73 Å². The van der Waals surface area contributed by atoms with Crippen LogP contribution in [0.4, 0.5) is 0 Å². The molecule has 0 aromatic heterocycles. The van der Waals surface area contributed by atoms with Crippen molar-refractivity contribution in [1.82, 2.24) is 0 Å². The van der Waals surface area contributed by atoms with E-state index in [4.69, 9.17) is 14.8 Å². The van der Waals surface area contributed by atoms with Gasteiger partial charge in [0.2, 0.25) is 0 Å². The standard InChI is InChI=1S/C19H32NO4PS/c1-5-19(6-2)16-12-15(21)10-9-14(16)11-17(18(19)20)26-13-25(22,23-7-3)24-8-4/h9-10,12,17-18,21H,5-8,11,13,20H2,1-4H3/t17-,18+/m1/s1. The Bertz CT molecular complexity index is 640. The Kier molecular flexibility index (Phi) is 7.63. The van der Waals surface area contributed by atoms with Crippen molar-refractivity contribution in [2.75, 3.05) is 18.7 Å². The van der Waals surface area contributed by atoms with Gasteiger partial charge in [-0.05, 0) is 56.4 Å². The SMILES string of the molecule is CCOP(=O)(CS[C@@H]1Cc2ccc(O)cc2C(CC)(CC)[C@H]1N)OCC. The summed E-state index contributed by atoms with van der Waals surface area (Å²) < 4.78 is 23.7. The molecule has 0 amide bonds. The molecule has 3 N–H and O–H groups in total. The first-order valence-corrected chi connectivity index (χ1v) is 12.2. The zero-order chi connectivity index (χ0) is 19.4. The highest BCUT2D eigenvalue weighted by Crippen LogP contribution is 2.54. The largest absolute Gasteiger partial charge is 0.508 e. The third kappa shape index (κ3) is 4.31. The van der Waals surface area contributed by atoms with Crippen LogP contribution < -0.4 is 5.73 Å². The minimum atomic E-state index is -3.10. The molecule has 5 nitrogen and oxygen atoms in total. The molecule has 1 aliphatic rings. The van der Waals surface area contributed by atoms with Gasteiger partial charge in [0.05, 0.1) is 18.7 Å². The van der Waals surface area contributed by atoms with Crippen molar-refractivity contribution < 1.29 is 18.7 Å². The van der Waals surface area contributed by atoms with E-state index in [0.29, 0.717) is 18.7 Å². The molecule has 0 heterocycles. The number of fused-ring (bicyclic) bond motifs is 1. The van der Waals surface area contributed by atoms with Gasteiger partial charge in [0, 0.05) is 16.7 Å². The van der Waals surface area contributed by atoms with E-state index in [2.05, 4.69) is 13.8 Å². The first-order valence-electron chi connectivity index (χ1n) is 9.43. The molecule has 1 aromatic rings. The lowest BCUT2D eigenvalue weighted by atomic mass is 9.63. The maximum atomic E-state index is 12.8. The molecule has 0 bridgehead atoms. The van der Waals surface area contributed by atoms with Crippen LogP contribution in [0.5, 0.6) is 5.75 Å². The van der Waals surface area contributed by atoms with E-state index in [1.165, 1.54) is 5.56 Å². The average Bonchev–Trinajstić information content (AvgIpc) is 2.61. The van der Waals surface area contributed by atoms with Gasteiger partial charge in [-0.3, -0.25) is 4.57 Å². The Morgan fingerprint density at radius 3 is 2.38 bits per heavy atom. The first kappa shape index (κ1) is 21.8. The van der Waals surface area contributed by atoms with Gasteiger partial charge in [0.1, 0.15) is 5.75 Å². The Hall–Kier alpha value is -0.520. The van der Waals surface area contributed by atoms with Crippen LogP contribution in [0, 0.1) is 0 Å². The highest BCUT2D eigenvalue weighted by Gasteiger charge is 2.45. The lowest BCUT2D eigenvalue weighted by molar-refractivity contribution is 0.224. The van der Waals surface area contributed by atoms with Gasteiger partial charge in [-0.1, -0.05) is 19.9 Å². The minimum absolute atomic E-state index is 0.0893. The molecule has 1 aromatic carbocycles. The molecule has 7 heteroatoms. The second-order valence-electron chi connectivity index (χ2n) is 6.72. The van der Waals surface area contributed by atoms with Crippen LogP contribution in [-0.2, 0) is 25.4 Å². The van der Waals surface area contributed by atoms with E-state index in [1.54, 1.807) is 17.8 Å². The van der Waals surface area contributed by atoms with Crippen LogP contribution in [0.25, 0.3) is 0 Å². The van der Waals surface area contributed by atoms with Crippen LogP contribution in [0.15, 0.2) is 18.2 Å². The molecular weight excluding hydrogens is 369 g/mol. The molecule has 2 atom stereocenters. The fourth-order valence-electron chi connectivity index (χ4n) is 4.04. The summed E-state index contributed by atoms with van der Waals surface area (Å²) in [6.45, 7) is 8.68. The van der Waals surface area contributed by atoms with E-state index in [0.717, 1.165) is 24.8 Å².